The van der Waals surface area contributed by atoms with E-state index in [1.807, 2.05) is 6.92 Å². The fourth-order valence-electron chi connectivity index (χ4n) is 4.00. The number of sulfonamides is 1. The summed E-state index contributed by atoms with van der Waals surface area (Å²) < 4.78 is 34.6. The van der Waals surface area contributed by atoms with E-state index in [4.69, 9.17) is 4.74 Å². The molecule has 1 unspecified atom stereocenters. The average molecular weight is 515 g/mol. The zero-order chi connectivity index (χ0) is 23.2. The first kappa shape index (κ1) is 33.0. The molecule has 198 valence electrons. The van der Waals surface area contributed by atoms with Gasteiger partial charge in [0.15, 0.2) is 0 Å². The maximum absolute atomic E-state index is 12.7. The quantitative estimate of drug-likeness (QED) is 0.160. The summed E-state index contributed by atoms with van der Waals surface area (Å²) in [4.78, 5) is 4.66. The molecule has 0 radical (unpaired) electrons. The molecule has 7 heteroatoms. The van der Waals surface area contributed by atoms with E-state index in [1.165, 1.54) is 88.4 Å². The maximum atomic E-state index is 12.7. The predicted octanol–water partition coefficient (Wildman–Crippen LogP) is 8.47. The summed E-state index contributed by atoms with van der Waals surface area (Å²) in [5.41, 5.74) is 0.836. The van der Waals surface area contributed by atoms with Crippen molar-refractivity contribution in [1.29, 1.82) is 0 Å². The monoisotopic (exact) mass is 514 g/mol. The van der Waals surface area contributed by atoms with E-state index in [1.54, 1.807) is 18.2 Å². The number of rotatable bonds is 18. The molecule has 0 aliphatic heterocycles. The van der Waals surface area contributed by atoms with E-state index in [9.17, 15) is 8.42 Å². The predicted molar refractivity (Wildman–Crippen MR) is 149 cm³/mol. The first-order valence-electron chi connectivity index (χ1n) is 12.4. The second-order valence-electron chi connectivity index (χ2n) is 8.80. The molecule has 1 aromatic carbocycles. The topological polar surface area (TPSA) is 68.3 Å². The number of benzene rings is 1. The molecule has 0 aliphatic rings. The van der Waals surface area contributed by atoms with Gasteiger partial charge in [-0.15, -0.1) is 11.3 Å². The van der Waals surface area contributed by atoms with Gasteiger partial charge in [0.05, 0.1) is 26.7 Å². The summed E-state index contributed by atoms with van der Waals surface area (Å²) in [6.07, 6.45) is 15.2. The van der Waals surface area contributed by atoms with Crippen molar-refractivity contribution in [2.45, 2.75) is 118 Å². The normalized spacial score (nSPS) is 12.3. The molecule has 0 spiro atoms. The van der Waals surface area contributed by atoms with Crippen molar-refractivity contribution in [3.05, 3.63) is 23.2 Å². The second-order valence-corrected chi connectivity index (χ2v) is 11.8. The molecule has 1 N–H and O–H groups in total. The Hall–Kier alpha value is -1.02. The van der Waals surface area contributed by atoms with Gasteiger partial charge >= 0.3 is 0 Å². The van der Waals surface area contributed by atoms with Crippen molar-refractivity contribution in [1.82, 2.24) is 9.71 Å². The molecule has 5 nitrogen and oxygen atoms in total. The van der Waals surface area contributed by atoms with Gasteiger partial charge in [-0.25, -0.2) is 13.4 Å². The average Bonchev–Trinajstić information content (AvgIpc) is 3.15. The summed E-state index contributed by atoms with van der Waals surface area (Å²) >= 11 is 1.50. The van der Waals surface area contributed by atoms with Gasteiger partial charge in [-0.05, 0) is 43.9 Å². The van der Waals surface area contributed by atoms with Gasteiger partial charge in [-0.1, -0.05) is 92.9 Å². The highest BCUT2D eigenvalue weighted by Crippen LogP contribution is 2.24. The van der Waals surface area contributed by atoms with Gasteiger partial charge < -0.3 is 4.74 Å². The lowest BCUT2D eigenvalue weighted by molar-refractivity contribution is 0.0883. The van der Waals surface area contributed by atoms with Crippen LogP contribution in [-0.4, -0.2) is 26.7 Å². The van der Waals surface area contributed by atoms with Crippen LogP contribution in [0.1, 0.15) is 111 Å². The van der Waals surface area contributed by atoms with Crippen LogP contribution >= 0.6 is 11.3 Å². The summed E-state index contributed by atoms with van der Waals surface area (Å²) in [7, 11) is -3.59. The van der Waals surface area contributed by atoms with Crippen molar-refractivity contribution in [2.75, 3.05) is 13.3 Å². The summed E-state index contributed by atoms with van der Waals surface area (Å²) in [5.74, 6) is 0.513. The van der Waals surface area contributed by atoms with Crippen LogP contribution in [0.4, 0.5) is 0 Å². The van der Waals surface area contributed by atoms with Crippen molar-refractivity contribution >= 4 is 31.6 Å². The molecule has 0 saturated heterocycles. The molecule has 1 heterocycles. The highest BCUT2D eigenvalue weighted by molar-refractivity contribution is 7.89. The Kier molecular flexibility index (Phi) is 17.7. The van der Waals surface area contributed by atoms with Crippen LogP contribution in [0.25, 0.3) is 10.2 Å². The molecule has 2 rings (SSSR count). The minimum absolute atomic E-state index is 0. The Bertz CT molecular complexity index is 881. The standard InChI is InChI=1S/C25H42N2O3S2.2CH4/c1-4-6-8-10-11-13-15-22(14-12-9-7-5-2)19-30-20-26-32(28,29)23-16-17-24-25(18-23)31-21(3)27-24;;/h16-18,22,26H,4-15,19-20H2,1-3H3;2*1H4. The molecule has 1 atom stereocenters. The van der Waals surface area contributed by atoms with Crippen LogP contribution < -0.4 is 4.72 Å². The first-order chi connectivity index (χ1) is 15.5. The molecular weight excluding hydrogens is 464 g/mol. The third-order valence-electron chi connectivity index (χ3n) is 5.91. The number of hydrogen-bond donors (Lipinski definition) is 1. The highest BCUT2D eigenvalue weighted by Gasteiger charge is 2.16. The molecule has 1 aromatic heterocycles. The number of unbranched alkanes of at least 4 members (excludes halogenated alkanes) is 8. The van der Waals surface area contributed by atoms with Crippen LogP contribution in [0, 0.1) is 12.8 Å². The van der Waals surface area contributed by atoms with Crippen LogP contribution in [-0.2, 0) is 14.8 Å². The Morgan fingerprint density at radius 2 is 1.53 bits per heavy atom. The van der Waals surface area contributed by atoms with Crippen molar-refractivity contribution in [3.8, 4) is 0 Å². The number of nitrogens with zero attached hydrogens (tertiary/aromatic N) is 1. The summed E-state index contributed by atoms with van der Waals surface area (Å²) in [6, 6.07) is 5.07. The smallest absolute Gasteiger partial charge is 0.242 e. The third kappa shape index (κ3) is 12.1. The molecule has 0 fully saturated rings. The van der Waals surface area contributed by atoms with Crippen LogP contribution in [0.2, 0.25) is 0 Å². The number of thiazole rings is 1. The Morgan fingerprint density at radius 1 is 0.941 bits per heavy atom. The van der Waals surface area contributed by atoms with E-state index >= 15 is 0 Å². The second kappa shape index (κ2) is 18.3. The van der Waals surface area contributed by atoms with E-state index in [2.05, 4.69) is 23.6 Å². The lowest BCUT2D eigenvalue weighted by Gasteiger charge is -2.17. The van der Waals surface area contributed by atoms with Gasteiger partial charge in [-0.3, -0.25) is 0 Å². The zero-order valence-corrected chi connectivity index (χ0v) is 21.8. The van der Waals surface area contributed by atoms with Gasteiger partial charge in [0.25, 0.3) is 0 Å². The van der Waals surface area contributed by atoms with E-state index in [-0.39, 0.29) is 26.5 Å². The minimum atomic E-state index is -3.59. The Morgan fingerprint density at radius 3 is 2.18 bits per heavy atom. The fourth-order valence-corrected chi connectivity index (χ4v) is 5.87. The lowest BCUT2D eigenvalue weighted by Crippen LogP contribution is -2.27. The number of aromatic nitrogens is 1. The van der Waals surface area contributed by atoms with Gasteiger partial charge in [0.1, 0.15) is 6.73 Å². The lowest BCUT2D eigenvalue weighted by atomic mass is 9.95. The molecule has 0 bridgehead atoms. The van der Waals surface area contributed by atoms with Gasteiger partial charge in [0.2, 0.25) is 10.0 Å². The maximum Gasteiger partial charge on any atom is 0.242 e. The van der Waals surface area contributed by atoms with Crippen LogP contribution in [0.15, 0.2) is 23.1 Å². The summed E-state index contributed by atoms with van der Waals surface area (Å²) in [6.45, 7) is 7.04. The largest absolute Gasteiger partial charge is 0.365 e. The minimum Gasteiger partial charge on any atom is -0.365 e. The van der Waals surface area contributed by atoms with Crippen molar-refractivity contribution in [2.24, 2.45) is 5.92 Å². The van der Waals surface area contributed by atoms with Crippen molar-refractivity contribution in [3.63, 3.8) is 0 Å². The number of aryl methyl sites for hydroxylation is 1. The molecule has 0 amide bonds. The fraction of sp³-hybridized carbons (Fsp3) is 0.741. The highest BCUT2D eigenvalue weighted by atomic mass is 32.2. The number of nitrogens with one attached hydrogen (secondary N) is 1. The van der Waals surface area contributed by atoms with Gasteiger partial charge in [-0.2, -0.15) is 4.72 Å². The third-order valence-corrected chi connectivity index (χ3v) is 8.22. The Balaban J connectivity index is 0.00000544. The molecule has 34 heavy (non-hydrogen) atoms. The first-order valence-corrected chi connectivity index (χ1v) is 14.7. The number of ether oxygens (including phenoxy) is 1. The summed E-state index contributed by atoms with van der Waals surface area (Å²) in [5, 5.41) is 0.932. The molecule has 0 aliphatic carbocycles. The molecule has 2 aromatic rings. The van der Waals surface area contributed by atoms with Crippen LogP contribution in [0.5, 0.6) is 0 Å². The molecular formula is C27H50N2O3S2. The van der Waals surface area contributed by atoms with E-state index < -0.39 is 10.0 Å². The van der Waals surface area contributed by atoms with Gasteiger partial charge in [0, 0.05) is 0 Å². The Labute approximate surface area is 214 Å². The molecule has 0 saturated carbocycles. The van der Waals surface area contributed by atoms with E-state index in [0.717, 1.165) is 15.2 Å². The van der Waals surface area contributed by atoms with Crippen LogP contribution in [0.3, 0.4) is 0 Å². The SMILES string of the molecule is C.C.CCCCCCCCC(CCCCCC)COCNS(=O)(=O)c1ccc2nc(C)sc2c1. The number of hydrogen-bond acceptors (Lipinski definition) is 5. The van der Waals surface area contributed by atoms with E-state index in [0.29, 0.717) is 12.5 Å². The zero-order valence-electron chi connectivity index (χ0n) is 20.2. The van der Waals surface area contributed by atoms with Crippen molar-refractivity contribution < 1.29 is 13.2 Å². The number of fused-ring (bicyclic) bond motifs is 1.